The van der Waals surface area contributed by atoms with Gasteiger partial charge in [-0.1, -0.05) is 18.2 Å². The number of amides is 2. The zero-order valence-electron chi connectivity index (χ0n) is 19.2. The average Bonchev–Trinajstić information content (AvgIpc) is 3.39. The molecule has 0 fully saturated rings. The molecule has 0 aliphatic carbocycles. The van der Waals surface area contributed by atoms with E-state index in [-0.39, 0.29) is 11.8 Å². The molecule has 0 spiro atoms. The molecule has 3 aromatic rings. The van der Waals surface area contributed by atoms with Crippen molar-refractivity contribution < 1.29 is 9.59 Å². The van der Waals surface area contributed by atoms with Gasteiger partial charge >= 0.3 is 0 Å². The number of nitrogens with zero attached hydrogens (tertiary/aromatic N) is 5. The number of carbonyl (C=O) groups is 2. The zero-order chi connectivity index (χ0) is 23.1. The summed E-state index contributed by atoms with van der Waals surface area (Å²) in [7, 11) is 3.74. The first-order chi connectivity index (χ1) is 15.9. The molecule has 4 heterocycles. The molecular formula is C24H28N6O2S. The Labute approximate surface area is 197 Å². The first kappa shape index (κ1) is 21.8. The van der Waals surface area contributed by atoms with E-state index in [4.69, 9.17) is 0 Å². The predicted octanol–water partition coefficient (Wildman–Crippen LogP) is 2.89. The molecule has 0 radical (unpaired) electrons. The van der Waals surface area contributed by atoms with Gasteiger partial charge in [-0.05, 0) is 48.6 Å². The Kier molecular flexibility index (Phi) is 5.76. The summed E-state index contributed by atoms with van der Waals surface area (Å²) in [6, 6.07) is 10.1. The number of anilines is 1. The second-order valence-corrected chi connectivity index (χ2v) is 9.74. The lowest BCUT2D eigenvalue weighted by Gasteiger charge is -2.28. The van der Waals surface area contributed by atoms with Gasteiger partial charge in [-0.15, -0.1) is 0 Å². The summed E-state index contributed by atoms with van der Waals surface area (Å²) < 4.78 is 6.30. The average molecular weight is 465 g/mol. The van der Waals surface area contributed by atoms with Crippen LogP contribution in [0.2, 0.25) is 0 Å². The maximum atomic E-state index is 13.1. The van der Waals surface area contributed by atoms with Crippen molar-refractivity contribution in [2.75, 3.05) is 18.5 Å². The van der Waals surface area contributed by atoms with E-state index in [1.54, 1.807) is 16.8 Å². The first-order valence-corrected chi connectivity index (χ1v) is 11.9. The molecule has 0 saturated carbocycles. The minimum atomic E-state index is -0.119. The smallest absolute Gasteiger partial charge is 0.268 e. The monoisotopic (exact) mass is 464 g/mol. The van der Waals surface area contributed by atoms with Crippen LogP contribution in [0.3, 0.4) is 0 Å². The van der Waals surface area contributed by atoms with Crippen LogP contribution in [0, 0.1) is 6.92 Å². The number of carbonyl (C=O) groups excluding carboxylic acids is 2. The predicted molar refractivity (Wildman–Crippen MR) is 128 cm³/mol. The molecule has 1 N–H and O–H groups in total. The van der Waals surface area contributed by atoms with E-state index in [9.17, 15) is 9.59 Å². The molecule has 2 amide bonds. The van der Waals surface area contributed by atoms with Gasteiger partial charge in [0.2, 0.25) is 5.91 Å². The summed E-state index contributed by atoms with van der Waals surface area (Å²) in [5.74, 6) is -0.00618. The first-order valence-electron chi connectivity index (χ1n) is 11.2. The van der Waals surface area contributed by atoms with Gasteiger partial charge in [0.1, 0.15) is 5.69 Å². The number of aromatic nitrogens is 3. The van der Waals surface area contributed by atoms with Crippen LogP contribution in [0.5, 0.6) is 0 Å². The second-order valence-electron chi connectivity index (χ2n) is 8.60. The molecule has 1 aromatic carbocycles. The number of hydrogen-bond donors (Lipinski definition) is 1. The van der Waals surface area contributed by atoms with Crippen LogP contribution in [-0.2, 0) is 37.9 Å². The van der Waals surface area contributed by atoms with Crippen LogP contribution < -0.4 is 10.2 Å². The molecule has 2 aliphatic heterocycles. The third-order valence-corrected chi connectivity index (χ3v) is 7.79. The Morgan fingerprint density at radius 3 is 2.88 bits per heavy atom. The van der Waals surface area contributed by atoms with Gasteiger partial charge in [0.25, 0.3) is 5.91 Å². The summed E-state index contributed by atoms with van der Waals surface area (Å²) in [4.78, 5) is 28.1. The molecule has 0 saturated heterocycles. The highest BCUT2D eigenvalue weighted by Crippen LogP contribution is 2.32. The minimum absolute atomic E-state index is 0.113. The van der Waals surface area contributed by atoms with Crippen molar-refractivity contribution >= 4 is 29.4 Å². The van der Waals surface area contributed by atoms with Crippen LogP contribution in [0.25, 0.3) is 0 Å². The Hall–Kier alpha value is -3.04. The van der Waals surface area contributed by atoms with Gasteiger partial charge in [0, 0.05) is 50.4 Å². The Bertz CT molecular complexity index is 1230. The highest BCUT2D eigenvalue weighted by atomic mass is 32.2. The minimum Gasteiger partial charge on any atom is -0.347 e. The van der Waals surface area contributed by atoms with Gasteiger partial charge in [-0.3, -0.25) is 14.3 Å². The van der Waals surface area contributed by atoms with Crippen LogP contribution in [0.15, 0.2) is 41.4 Å². The van der Waals surface area contributed by atoms with Crippen molar-refractivity contribution in [2.45, 2.75) is 44.3 Å². The van der Waals surface area contributed by atoms with E-state index in [2.05, 4.69) is 26.9 Å². The van der Waals surface area contributed by atoms with Crippen molar-refractivity contribution in [2.24, 2.45) is 7.05 Å². The molecule has 0 bridgehead atoms. The maximum Gasteiger partial charge on any atom is 0.268 e. The highest BCUT2D eigenvalue weighted by molar-refractivity contribution is 7.97. The molecule has 172 valence electrons. The molecule has 0 unspecified atom stereocenters. The van der Waals surface area contributed by atoms with E-state index in [1.807, 2.05) is 54.7 Å². The van der Waals surface area contributed by atoms with Crippen molar-refractivity contribution in [3.63, 3.8) is 0 Å². The largest absolute Gasteiger partial charge is 0.347 e. The van der Waals surface area contributed by atoms with Gasteiger partial charge < -0.3 is 14.8 Å². The normalized spacial score (nSPS) is 16.0. The van der Waals surface area contributed by atoms with E-state index < -0.39 is 0 Å². The number of nitrogens with one attached hydrogen (secondary N) is 1. The molecular weight excluding hydrogens is 436 g/mol. The SMILES string of the molecule is Cc1c(SN2CCn3nccc3C2)cc(C(=O)NCc2cccc3c2N(C)C(=O)CC3)n1C. The summed E-state index contributed by atoms with van der Waals surface area (Å²) in [6.07, 6.45) is 3.12. The van der Waals surface area contributed by atoms with Crippen LogP contribution in [0.1, 0.15) is 39.4 Å². The van der Waals surface area contributed by atoms with Crippen LogP contribution >= 0.6 is 11.9 Å². The van der Waals surface area contributed by atoms with Gasteiger partial charge in [0.05, 0.1) is 24.5 Å². The van der Waals surface area contributed by atoms with E-state index >= 15 is 0 Å². The molecule has 9 heteroatoms. The topological polar surface area (TPSA) is 75.4 Å². The summed E-state index contributed by atoms with van der Waals surface area (Å²) in [5, 5.41) is 7.40. The molecule has 0 atom stereocenters. The number of hydrogen-bond acceptors (Lipinski definition) is 5. The van der Waals surface area contributed by atoms with Crippen LogP contribution in [0.4, 0.5) is 5.69 Å². The lowest BCUT2D eigenvalue weighted by atomic mass is 9.97. The van der Waals surface area contributed by atoms with Crippen molar-refractivity contribution in [3.8, 4) is 0 Å². The standard InChI is InChI=1S/C24H28N6O2S/c1-16-21(33-29-11-12-30-19(15-29)9-10-26-30)13-20(27(16)2)24(32)25-14-18-6-4-5-17-7-8-22(31)28(3)23(17)18/h4-6,9-10,13H,7-8,11-12,14-15H2,1-3H3,(H,25,32). The molecule has 33 heavy (non-hydrogen) atoms. The van der Waals surface area contributed by atoms with E-state index in [0.29, 0.717) is 18.7 Å². The fourth-order valence-electron chi connectivity index (χ4n) is 4.58. The lowest BCUT2D eigenvalue weighted by molar-refractivity contribution is -0.118. The third-order valence-electron chi connectivity index (χ3n) is 6.61. The highest BCUT2D eigenvalue weighted by Gasteiger charge is 2.25. The van der Waals surface area contributed by atoms with Crippen molar-refractivity contribution in [1.82, 2.24) is 24.0 Å². The summed E-state index contributed by atoms with van der Waals surface area (Å²) >= 11 is 1.69. The fraction of sp³-hybridized carbons (Fsp3) is 0.375. The summed E-state index contributed by atoms with van der Waals surface area (Å²) in [6.45, 7) is 5.02. The Morgan fingerprint density at radius 1 is 1.18 bits per heavy atom. The Morgan fingerprint density at radius 2 is 2.03 bits per heavy atom. The number of para-hydroxylation sites is 1. The molecule has 5 rings (SSSR count). The zero-order valence-corrected chi connectivity index (χ0v) is 20.0. The molecule has 2 aliphatic rings. The van der Waals surface area contributed by atoms with Gasteiger partial charge in [-0.25, -0.2) is 4.31 Å². The van der Waals surface area contributed by atoms with Gasteiger partial charge in [-0.2, -0.15) is 5.10 Å². The molecule has 2 aromatic heterocycles. The van der Waals surface area contributed by atoms with Crippen LogP contribution in [-0.4, -0.2) is 44.1 Å². The second kappa shape index (κ2) is 8.72. The van der Waals surface area contributed by atoms with E-state index in [1.165, 1.54) is 5.69 Å². The number of rotatable bonds is 5. The quantitative estimate of drug-likeness (QED) is 0.588. The lowest BCUT2D eigenvalue weighted by Crippen LogP contribution is -2.33. The molecule has 8 nitrogen and oxygen atoms in total. The fourth-order valence-corrected chi connectivity index (χ4v) is 5.66. The third kappa shape index (κ3) is 4.06. The van der Waals surface area contributed by atoms with Crippen molar-refractivity contribution in [3.05, 3.63) is 64.7 Å². The van der Waals surface area contributed by atoms with E-state index in [0.717, 1.165) is 53.5 Å². The van der Waals surface area contributed by atoms with Gasteiger partial charge in [0.15, 0.2) is 0 Å². The maximum absolute atomic E-state index is 13.1. The number of benzene rings is 1. The van der Waals surface area contributed by atoms with Crippen molar-refractivity contribution in [1.29, 1.82) is 0 Å². The Balaban J connectivity index is 1.29. The number of fused-ring (bicyclic) bond motifs is 2. The summed E-state index contributed by atoms with van der Waals surface area (Å²) in [5.41, 5.74) is 5.94. The number of aryl methyl sites for hydroxylation is 1.